The number of nitrogens with one attached hydrogen (secondary N) is 1. The van der Waals surface area contributed by atoms with Crippen molar-refractivity contribution in [3.05, 3.63) is 46.6 Å². The van der Waals surface area contributed by atoms with E-state index in [1.165, 1.54) is 18.2 Å². The fraction of sp³-hybridized carbons (Fsp3) is 0.0833. The Labute approximate surface area is 125 Å². The largest absolute Gasteiger partial charge is 0.389 e. The molecule has 1 aromatic heterocycles. The van der Waals surface area contributed by atoms with Crippen molar-refractivity contribution < 1.29 is 12.8 Å². The summed E-state index contributed by atoms with van der Waals surface area (Å²) in [4.78, 5) is 0.905. The third kappa shape index (κ3) is 3.14. The second-order valence-corrected chi connectivity index (χ2v) is 7.67. The van der Waals surface area contributed by atoms with Crippen molar-refractivity contribution in [2.45, 2.75) is 11.1 Å². The average molecular weight is 330 g/mol. The van der Waals surface area contributed by atoms with Crippen LogP contribution < -0.4 is 10.5 Å². The summed E-state index contributed by atoms with van der Waals surface area (Å²) in [5.74, 6) is -0.729. The van der Waals surface area contributed by atoms with Crippen molar-refractivity contribution in [1.82, 2.24) is 0 Å². The van der Waals surface area contributed by atoms with E-state index in [0.29, 0.717) is 5.56 Å². The summed E-state index contributed by atoms with van der Waals surface area (Å²) in [5.41, 5.74) is 5.58. The fourth-order valence-corrected chi connectivity index (χ4v) is 3.98. The van der Waals surface area contributed by atoms with Crippen LogP contribution in [0.5, 0.6) is 0 Å². The van der Waals surface area contributed by atoms with Gasteiger partial charge in [-0.25, -0.2) is 12.8 Å². The number of hydrogen-bond acceptors (Lipinski definition) is 4. The Bertz CT molecular complexity index is 769. The highest BCUT2D eigenvalue weighted by molar-refractivity contribution is 7.94. The lowest BCUT2D eigenvalue weighted by Gasteiger charge is -2.08. The van der Waals surface area contributed by atoms with Crippen LogP contribution in [0.2, 0.25) is 0 Å². The summed E-state index contributed by atoms with van der Waals surface area (Å²) in [5, 5.41) is 0. The Balaban J connectivity index is 2.32. The maximum atomic E-state index is 13.8. The van der Waals surface area contributed by atoms with Crippen LogP contribution in [0.1, 0.15) is 10.4 Å². The van der Waals surface area contributed by atoms with E-state index in [0.717, 1.165) is 22.3 Å². The number of aryl methyl sites for hydroxylation is 1. The maximum absolute atomic E-state index is 13.8. The van der Waals surface area contributed by atoms with E-state index in [4.69, 9.17) is 18.0 Å². The summed E-state index contributed by atoms with van der Waals surface area (Å²) in [6.45, 7) is 1.79. The van der Waals surface area contributed by atoms with Gasteiger partial charge in [-0.1, -0.05) is 12.2 Å². The van der Waals surface area contributed by atoms with Crippen LogP contribution in [0.15, 0.2) is 34.5 Å². The van der Waals surface area contributed by atoms with Gasteiger partial charge in [0.15, 0.2) is 0 Å². The van der Waals surface area contributed by atoms with E-state index < -0.39 is 15.8 Å². The van der Waals surface area contributed by atoms with Gasteiger partial charge in [0, 0.05) is 10.4 Å². The van der Waals surface area contributed by atoms with Crippen LogP contribution in [-0.4, -0.2) is 13.4 Å². The Morgan fingerprint density at radius 2 is 2.05 bits per heavy atom. The summed E-state index contributed by atoms with van der Waals surface area (Å²) < 4.78 is 40.3. The van der Waals surface area contributed by atoms with Crippen molar-refractivity contribution in [2.24, 2.45) is 5.73 Å². The van der Waals surface area contributed by atoms with Gasteiger partial charge in [-0.15, -0.1) is 11.3 Å². The number of hydrogen-bond donors (Lipinski definition) is 2. The first-order valence-corrected chi connectivity index (χ1v) is 8.19. The minimum atomic E-state index is -3.78. The molecule has 0 spiro atoms. The van der Waals surface area contributed by atoms with Gasteiger partial charge in [-0.05, 0) is 37.3 Å². The zero-order valence-corrected chi connectivity index (χ0v) is 12.8. The number of benzene rings is 1. The number of thiocarbonyl (C=S) groups is 1. The molecule has 20 heavy (non-hydrogen) atoms. The summed E-state index contributed by atoms with van der Waals surface area (Å²) >= 11 is 5.84. The lowest BCUT2D eigenvalue weighted by molar-refractivity contribution is 0.600. The molecule has 0 bridgehead atoms. The maximum Gasteiger partial charge on any atom is 0.271 e. The quantitative estimate of drug-likeness (QED) is 0.845. The third-order valence-electron chi connectivity index (χ3n) is 2.48. The highest BCUT2D eigenvalue weighted by Crippen LogP contribution is 2.25. The molecule has 106 valence electrons. The van der Waals surface area contributed by atoms with E-state index in [2.05, 4.69) is 4.72 Å². The number of nitrogens with two attached hydrogens (primary N) is 1. The summed E-state index contributed by atoms with van der Waals surface area (Å²) in [6, 6.07) is 7.01. The molecule has 0 radical (unpaired) electrons. The second kappa shape index (κ2) is 5.47. The van der Waals surface area contributed by atoms with Gasteiger partial charge in [-0.2, -0.15) is 0 Å². The molecule has 2 aromatic rings. The lowest BCUT2D eigenvalue weighted by atomic mass is 10.2. The zero-order valence-electron chi connectivity index (χ0n) is 10.4. The van der Waals surface area contributed by atoms with Gasteiger partial charge in [-0.3, -0.25) is 4.72 Å². The van der Waals surface area contributed by atoms with Crippen molar-refractivity contribution in [2.75, 3.05) is 4.72 Å². The van der Waals surface area contributed by atoms with Gasteiger partial charge < -0.3 is 5.73 Å². The first-order valence-electron chi connectivity index (χ1n) is 5.48. The van der Waals surface area contributed by atoms with Crippen LogP contribution >= 0.6 is 23.6 Å². The van der Waals surface area contributed by atoms with Crippen molar-refractivity contribution >= 4 is 44.3 Å². The van der Waals surface area contributed by atoms with E-state index in [9.17, 15) is 12.8 Å². The fourth-order valence-electron chi connectivity index (χ4n) is 1.50. The molecule has 0 aliphatic heterocycles. The normalized spacial score (nSPS) is 11.3. The molecule has 0 saturated carbocycles. The lowest BCUT2D eigenvalue weighted by Crippen LogP contribution is -2.14. The Morgan fingerprint density at radius 1 is 1.35 bits per heavy atom. The minimum Gasteiger partial charge on any atom is -0.389 e. The van der Waals surface area contributed by atoms with E-state index >= 15 is 0 Å². The molecule has 0 atom stereocenters. The van der Waals surface area contributed by atoms with Crippen LogP contribution in [0, 0.1) is 12.7 Å². The highest BCUT2D eigenvalue weighted by atomic mass is 32.2. The second-order valence-electron chi connectivity index (χ2n) is 4.03. The smallest absolute Gasteiger partial charge is 0.271 e. The standard InChI is InChI=1S/C12H11FN2O2S3/c1-7-2-5-11(19-7)20(16,17)15-10-4-3-8(12(14)18)6-9(10)13/h2-6,15H,1H3,(H2,14,18). The van der Waals surface area contributed by atoms with Crippen LogP contribution in [0.4, 0.5) is 10.1 Å². The van der Waals surface area contributed by atoms with E-state index in [-0.39, 0.29) is 14.9 Å². The molecule has 1 aromatic carbocycles. The molecule has 0 saturated heterocycles. The van der Waals surface area contributed by atoms with Crippen molar-refractivity contribution in [3.8, 4) is 0 Å². The molecule has 0 fully saturated rings. The topological polar surface area (TPSA) is 72.2 Å². The van der Waals surface area contributed by atoms with Gasteiger partial charge >= 0.3 is 0 Å². The molecule has 4 nitrogen and oxygen atoms in total. The molecule has 0 aliphatic rings. The Kier molecular flexibility index (Phi) is 4.07. The molecule has 1 heterocycles. The summed E-state index contributed by atoms with van der Waals surface area (Å²) in [7, 11) is -3.78. The number of halogens is 1. The predicted molar refractivity (Wildman–Crippen MR) is 82.2 cm³/mol. The molecule has 0 aliphatic carbocycles. The van der Waals surface area contributed by atoms with E-state index in [1.807, 2.05) is 0 Å². The van der Waals surface area contributed by atoms with Gasteiger partial charge in [0.25, 0.3) is 10.0 Å². The Morgan fingerprint density at radius 3 is 2.55 bits per heavy atom. The van der Waals surface area contributed by atoms with Crippen molar-refractivity contribution in [1.29, 1.82) is 0 Å². The highest BCUT2D eigenvalue weighted by Gasteiger charge is 2.18. The van der Waals surface area contributed by atoms with Crippen LogP contribution in [0.25, 0.3) is 0 Å². The number of anilines is 1. The van der Waals surface area contributed by atoms with Crippen LogP contribution in [0.3, 0.4) is 0 Å². The van der Waals surface area contributed by atoms with Crippen LogP contribution in [-0.2, 0) is 10.0 Å². The summed E-state index contributed by atoms with van der Waals surface area (Å²) in [6.07, 6.45) is 0. The third-order valence-corrected chi connectivity index (χ3v) is 5.57. The molecule has 2 rings (SSSR count). The SMILES string of the molecule is Cc1ccc(S(=O)(=O)Nc2ccc(C(N)=S)cc2F)s1. The Hall–Kier alpha value is -1.51. The number of thiophene rings is 1. The average Bonchev–Trinajstić information content (AvgIpc) is 2.79. The predicted octanol–water partition coefficient (Wildman–Crippen LogP) is 2.63. The minimum absolute atomic E-state index is 0.0483. The van der Waals surface area contributed by atoms with E-state index in [1.54, 1.807) is 13.0 Å². The first-order chi connectivity index (χ1) is 9.29. The molecular weight excluding hydrogens is 319 g/mol. The molecular formula is C12H11FN2O2S3. The molecule has 0 unspecified atom stereocenters. The van der Waals surface area contributed by atoms with Gasteiger partial charge in [0.1, 0.15) is 15.0 Å². The first kappa shape index (κ1) is 14.9. The van der Waals surface area contributed by atoms with Gasteiger partial charge in [0.2, 0.25) is 0 Å². The molecule has 0 amide bonds. The number of sulfonamides is 1. The number of rotatable bonds is 4. The van der Waals surface area contributed by atoms with Crippen molar-refractivity contribution in [3.63, 3.8) is 0 Å². The molecule has 8 heteroatoms. The molecule has 3 N–H and O–H groups in total. The zero-order chi connectivity index (χ0) is 14.9. The van der Waals surface area contributed by atoms with Gasteiger partial charge in [0.05, 0.1) is 5.69 Å². The monoisotopic (exact) mass is 330 g/mol.